The topological polar surface area (TPSA) is 109 Å². The molecule has 3 heterocycles. The highest BCUT2D eigenvalue weighted by atomic mass is 32.1. The number of hydrogen-bond donors (Lipinski definition) is 4. The van der Waals surface area contributed by atoms with Gasteiger partial charge >= 0.3 is 0 Å². The molecule has 0 radical (unpaired) electrons. The Bertz CT molecular complexity index is 1000. The first-order valence-corrected chi connectivity index (χ1v) is 10.2. The molecule has 0 aliphatic carbocycles. The maximum Gasteiger partial charge on any atom is 0.263 e. The first kappa shape index (κ1) is 19.4. The van der Waals surface area contributed by atoms with Gasteiger partial charge < -0.3 is 26.0 Å². The normalized spacial score (nSPS) is 23.5. The highest BCUT2D eigenvalue weighted by molar-refractivity contribution is 7.21. The van der Waals surface area contributed by atoms with E-state index in [0.717, 1.165) is 15.8 Å². The average Bonchev–Trinajstić information content (AvgIpc) is 3.26. The summed E-state index contributed by atoms with van der Waals surface area (Å²) < 4.78 is 6.34. The zero-order valence-electron chi connectivity index (χ0n) is 15.9. The molecule has 1 saturated heterocycles. The molecule has 4 N–H and O–H groups in total. The first-order chi connectivity index (χ1) is 14.0. The Morgan fingerprint density at radius 2 is 2.03 bits per heavy atom. The molecular formula is C20H22N4O4S. The van der Waals surface area contributed by atoms with Crippen LogP contribution in [0, 0.1) is 0 Å². The lowest BCUT2D eigenvalue weighted by atomic mass is 10.1. The largest absolute Gasteiger partial charge is 0.381 e. The number of rotatable bonds is 4. The van der Waals surface area contributed by atoms with Gasteiger partial charge in [0.25, 0.3) is 11.8 Å². The van der Waals surface area contributed by atoms with Crippen LogP contribution in [0.4, 0.5) is 5.69 Å². The van der Waals surface area contributed by atoms with Crippen molar-refractivity contribution in [2.75, 3.05) is 25.1 Å². The molecule has 2 unspecified atom stereocenters. The van der Waals surface area contributed by atoms with Crippen LogP contribution in [0.25, 0.3) is 10.1 Å². The summed E-state index contributed by atoms with van der Waals surface area (Å²) in [7, 11) is 0. The third-order valence-electron chi connectivity index (χ3n) is 5.03. The fourth-order valence-electron chi connectivity index (χ4n) is 3.50. The third-order valence-corrected chi connectivity index (χ3v) is 6.20. The molecule has 1 fully saturated rings. The van der Waals surface area contributed by atoms with E-state index in [9.17, 15) is 14.4 Å². The van der Waals surface area contributed by atoms with Crippen molar-refractivity contribution >= 4 is 44.8 Å². The molecule has 2 aliphatic rings. The van der Waals surface area contributed by atoms with Gasteiger partial charge in [0, 0.05) is 28.2 Å². The van der Waals surface area contributed by atoms with E-state index in [1.165, 1.54) is 17.4 Å². The molecule has 2 aliphatic heterocycles. The summed E-state index contributed by atoms with van der Waals surface area (Å²) in [5.41, 5.74) is 1.25. The Morgan fingerprint density at radius 1 is 1.28 bits per heavy atom. The second-order valence-corrected chi connectivity index (χ2v) is 8.26. The smallest absolute Gasteiger partial charge is 0.263 e. The number of benzene rings is 1. The van der Waals surface area contributed by atoms with Crippen molar-refractivity contribution in [2.24, 2.45) is 0 Å². The maximum atomic E-state index is 12.8. The molecule has 152 valence electrons. The third kappa shape index (κ3) is 3.83. The van der Waals surface area contributed by atoms with Crippen molar-refractivity contribution in [3.63, 3.8) is 0 Å². The number of nitrogens with one attached hydrogen (secondary N) is 4. The van der Waals surface area contributed by atoms with Gasteiger partial charge in [0.1, 0.15) is 4.88 Å². The van der Waals surface area contributed by atoms with Gasteiger partial charge in [0.05, 0.1) is 31.0 Å². The van der Waals surface area contributed by atoms with E-state index in [-0.39, 0.29) is 35.8 Å². The van der Waals surface area contributed by atoms with Crippen LogP contribution in [-0.4, -0.2) is 55.6 Å². The molecule has 0 saturated carbocycles. The second kappa shape index (κ2) is 7.84. The molecule has 0 spiro atoms. The molecule has 3 atom stereocenters. The zero-order chi connectivity index (χ0) is 20.5. The van der Waals surface area contributed by atoms with Crippen molar-refractivity contribution in [1.82, 2.24) is 16.0 Å². The zero-order valence-corrected chi connectivity index (χ0v) is 16.7. The lowest BCUT2D eigenvalue weighted by Gasteiger charge is -2.19. The Hall–Kier alpha value is -2.91. The Morgan fingerprint density at radius 3 is 2.79 bits per heavy atom. The lowest BCUT2D eigenvalue weighted by molar-refractivity contribution is -0.117. The summed E-state index contributed by atoms with van der Waals surface area (Å²) in [5.74, 6) is -0.666. The van der Waals surface area contributed by atoms with E-state index < -0.39 is 0 Å². The van der Waals surface area contributed by atoms with Gasteiger partial charge in [-0.15, -0.1) is 11.3 Å². The van der Waals surface area contributed by atoms with Crippen LogP contribution in [0.15, 0.2) is 30.9 Å². The van der Waals surface area contributed by atoms with Gasteiger partial charge in [-0.1, -0.05) is 6.58 Å². The molecule has 4 rings (SSSR count). The quantitative estimate of drug-likeness (QED) is 0.563. The van der Waals surface area contributed by atoms with Crippen LogP contribution in [-0.2, 0) is 9.53 Å². The van der Waals surface area contributed by atoms with Gasteiger partial charge in [0.15, 0.2) is 0 Å². The van der Waals surface area contributed by atoms with Crippen LogP contribution in [0.3, 0.4) is 0 Å². The Labute approximate surface area is 171 Å². The van der Waals surface area contributed by atoms with E-state index in [2.05, 4.69) is 27.8 Å². The number of hydrogen-bond acceptors (Lipinski definition) is 6. The Kier molecular flexibility index (Phi) is 5.25. The van der Waals surface area contributed by atoms with Crippen molar-refractivity contribution in [2.45, 2.75) is 25.0 Å². The highest BCUT2D eigenvalue weighted by Crippen LogP contribution is 2.37. The van der Waals surface area contributed by atoms with Crippen molar-refractivity contribution in [3.8, 4) is 0 Å². The molecule has 1 aromatic carbocycles. The standard InChI is InChI=1S/C20H22N4O4S/c1-3-16(25)23-13-8-28-9-14(13)24-19(26)11-4-5-15-12(6-11)17-18(29-15)20(27)22-10(2)7-21-17/h3-6,10,13-14,21H,1,7-9H2,2H3,(H,22,27)(H,23,25)(H,24,26)/t10-,13?,14?/m1/s1. The number of anilines is 1. The number of thiophene rings is 1. The number of carbonyl (C=O) groups is 3. The summed E-state index contributed by atoms with van der Waals surface area (Å²) >= 11 is 1.40. The maximum absolute atomic E-state index is 12.8. The minimum absolute atomic E-state index is 0.0220. The summed E-state index contributed by atoms with van der Waals surface area (Å²) in [5, 5.41) is 12.8. The van der Waals surface area contributed by atoms with Gasteiger partial charge in [0.2, 0.25) is 5.91 Å². The Balaban J connectivity index is 1.56. The molecule has 9 heteroatoms. The van der Waals surface area contributed by atoms with Gasteiger partial charge in [-0.2, -0.15) is 0 Å². The summed E-state index contributed by atoms with van der Waals surface area (Å²) in [6.45, 7) is 6.65. The van der Waals surface area contributed by atoms with E-state index in [1.54, 1.807) is 12.1 Å². The molecule has 0 bridgehead atoms. The second-order valence-electron chi connectivity index (χ2n) is 7.21. The lowest BCUT2D eigenvalue weighted by Crippen LogP contribution is -2.50. The van der Waals surface area contributed by atoms with E-state index in [1.807, 2.05) is 13.0 Å². The van der Waals surface area contributed by atoms with Crippen molar-refractivity contribution in [3.05, 3.63) is 41.3 Å². The van der Waals surface area contributed by atoms with Gasteiger partial charge in [-0.05, 0) is 31.2 Å². The number of fused-ring (bicyclic) bond motifs is 3. The molecule has 3 amide bonds. The molecule has 1 aromatic heterocycles. The highest BCUT2D eigenvalue weighted by Gasteiger charge is 2.31. The minimum Gasteiger partial charge on any atom is -0.381 e. The molecular weight excluding hydrogens is 392 g/mol. The van der Waals surface area contributed by atoms with Gasteiger partial charge in [-0.3, -0.25) is 14.4 Å². The molecule has 2 aromatic rings. The number of amides is 3. The van der Waals surface area contributed by atoms with Crippen molar-refractivity contribution < 1.29 is 19.1 Å². The monoisotopic (exact) mass is 414 g/mol. The fourth-order valence-corrected chi connectivity index (χ4v) is 4.56. The average molecular weight is 414 g/mol. The predicted octanol–water partition coefficient (Wildman–Crippen LogP) is 1.24. The van der Waals surface area contributed by atoms with Crippen LogP contribution < -0.4 is 21.3 Å². The predicted molar refractivity (Wildman–Crippen MR) is 111 cm³/mol. The summed E-state index contributed by atoms with van der Waals surface area (Å²) in [6.07, 6.45) is 1.19. The van der Waals surface area contributed by atoms with Gasteiger partial charge in [-0.25, -0.2) is 0 Å². The van der Waals surface area contributed by atoms with Crippen molar-refractivity contribution in [1.29, 1.82) is 0 Å². The van der Waals surface area contributed by atoms with E-state index >= 15 is 0 Å². The number of carbonyl (C=O) groups excluding carboxylic acids is 3. The summed E-state index contributed by atoms with van der Waals surface area (Å²) in [4.78, 5) is 37.4. The SMILES string of the molecule is C=CC(=O)NC1COCC1NC(=O)c1ccc2sc3c(c2c1)NC[C@@H](C)NC3=O. The fraction of sp³-hybridized carbons (Fsp3) is 0.350. The van der Waals surface area contributed by atoms with Crippen LogP contribution in [0.5, 0.6) is 0 Å². The van der Waals surface area contributed by atoms with Crippen LogP contribution in [0.2, 0.25) is 0 Å². The molecule has 29 heavy (non-hydrogen) atoms. The number of ether oxygens (including phenoxy) is 1. The minimum atomic E-state index is -0.327. The molecule has 8 nitrogen and oxygen atoms in total. The van der Waals surface area contributed by atoms with Crippen LogP contribution >= 0.6 is 11.3 Å². The van der Waals surface area contributed by atoms with E-state index in [4.69, 9.17) is 4.74 Å². The first-order valence-electron chi connectivity index (χ1n) is 9.39. The van der Waals surface area contributed by atoms with Crippen LogP contribution in [0.1, 0.15) is 27.0 Å². The van der Waals surface area contributed by atoms with E-state index in [0.29, 0.717) is 30.2 Å². The summed E-state index contributed by atoms with van der Waals surface area (Å²) in [6, 6.07) is 4.77.